The third-order valence-electron chi connectivity index (χ3n) is 7.85. The van der Waals surface area contributed by atoms with E-state index < -0.39 is 11.6 Å². The highest BCUT2D eigenvalue weighted by Gasteiger charge is 2.42. The van der Waals surface area contributed by atoms with Crippen molar-refractivity contribution in [1.29, 1.82) is 0 Å². The van der Waals surface area contributed by atoms with Crippen LogP contribution in [-0.4, -0.2) is 21.8 Å². The van der Waals surface area contributed by atoms with Gasteiger partial charge in [-0.2, -0.15) is 11.8 Å². The molecule has 1 atom stereocenters. The van der Waals surface area contributed by atoms with Gasteiger partial charge < -0.3 is 15.0 Å². The molecule has 0 spiro atoms. The van der Waals surface area contributed by atoms with E-state index in [0.717, 1.165) is 59.2 Å². The van der Waals surface area contributed by atoms with Gasteiger partial charge in [0.1, 0.15) is 0 Å². The van der Waals surface area contributed by atoms with Crippen LogP contribution in [0.3, 0.4) is 0 Å². The van der Waals surface area contributed by atoms with Gasteiger partial charge >= 0.3 is 0 Å². The molecule has 1 aromatic heterocycles. The molecule has 0 aliphatic heterocycles. The van der Waals surface area contributed by atoms with E-state index in [1.165, 1.54) is 11.1 Å². The van der Waals surface area contributed by atoms with Gasteiger partial charge in [-0.25, -0.2) is 4.98 Å². The zero-order valence-corrected chi connectivity index (χ0v) is 25.0. The SMILES string of the molecule is CC(C)(O)c1cccc(CCC(SCC2(CC(=O)[O-])CC2)c2ccccc2C=Cc2ccc3ccc(Cl)cc3n2)c1. The Labute approximate surface area is 251 Å². The highest BCUT2D eigenvalue weighted by molar-refractivity contribution is 7.99. The minimum atomic E-state index is -0.962. The number of carbonyl (C=O) groups excluding carboxylic acids is 1. The Kier molecular flexibility index (Phi) is 8.88. The first-order chi connectivity index (χ1) is 19.6. The van der Waals surface area contributed by atoms with E-state index >= 15 is 0 Å². The van der Waals surface area contributed by atoms with Gasteiger partial charge in [-0.15, -0.1) is 0 Å². The monoisotopic (exact) mass is 584 g/mol. The number of hydrogen-bond donors (Lipinski definition) is 1. The number of carboxylic acids is 1. The molecule has 0 radical (unpaired) electrons. The van der Waals surface area contributed by atoms with Gasteiger partial charge in [0, 0.05) is 21.6 Å². The van der Waals surface area contributed by atoms with Crippen molar-refractivity contribution in [3.05, 3.63) is 112 Å². The van der Waals surface area contributed by atoms with E-state index in [1.807, 2.05) is 60.3 Å². The fourth-order valence-corrected chi connectivity index (χ4v) is 6.99. The number of thioether (sulfide) groups is 1. The van der Waals surface area contributed by atoms with E-state index in [-0.39, 0.29) is 17.1 Å². The lowest BCUT2D eigenvalue weighted by Crippen LogP contribution is -2.26. The van der Waals surface area contributed by atoms with Crippen LogP contribution in [0, 0.1) is 5.41 Å². The number of nitrogens with zero attached hydrogens (tertiary/aromatic N) is 1. The lowest BCUT2D eigenvalue weighted by atomic mass is 9.94. The largest absolute Gasteiger partial charge is 0.550 e. The standard InChI is InChI=1S/C35H36ClNO3S/c1-34(2,40)27-8-5-6-24(20-27)10-17-32(41-23-35(18-19-35)22-33(38)39)30-9-4-3-7-25(30)12-15-29-16-13-26-11-14-28(36)21-31(26)37-29/h3-9,11-16,20-21,32,40H,10,17-19,22-23H2,1-2H3,(H,38,39)/p-1. The van der Waals surface area contributed by atoms with Crippen LogP contribution in [0.5, 0.6) is 0 Å². The number of pyridine rings is 1. The van der Waals surface area contributed by atoms with E-state index in [0.29, 0.717) is 5.02 Å². The molecule has 4 aromatic rings. The van der Waals surface area contributed by atoms with Crippen LogP contribution in [0.1, 0.15) is 72.7 Å². The molecule has 1 N–H and O–H groups in total. The fourth-order valence-electron chi connectivity index (χ4n) is 5.20. The maximum atomic E-state index is 11.4. The number of hydrogen-bond acceptors (Lipinski definition) is 5. The van der Waals surface area contributed by atoms with Crippen molar-refractivity contribution < 1.29 is 15.0 Å². The highest BCUT2D eigenvalue weighted by Crippen LogP contribution is 2.53. The van der Waals surface area contributed by atoms with Gasteiger partial charge in [0.2, 0.25) is 0 Å². The summed E-state index contributed by atoms with van der Waals surface area (Å²) >= 11 is 8.04. The molecule has 212 valence electrons. The third kappa shape index (κ3) is 7.79. The van der Waals surface area contributed by atoms with Gasteiger partial charge in [-0.05, 0) is 104 Å². The van der Waals surface area contributed by atoms with Crippen molar-refractivity contribution >= 4 is 52.4 Å². The van der Waals surface area contributed by atoms with Crippen molar-refractivity contribution in [3.63, 3.8) is 0 Å². The number of aliphatic hydroxyl groups is 1. The molecule has 1 saturated carbocycles. The van der Waals surface area contributed by atoms with Crippen molar-refractivity contribution in [1.82, 2.24) is 4.98 Å². The average molecular weight is 585 g/mol. The maximum absolute atomic E-state index is 11.4. The van der Waals surface area contributed by atoms with Crippen molar-refractivity contribution in [2.75, 3.05) is 5.75 Å². The lowest BCUT2D eigenvalue weighted by molar-refractivity contribution is -0.307. The van der Waals surface area contributed by atoms with Gasteiger partial charge in [-0.1, -0.05) is 78.3 Å². The summed E-state index contributed by atoms with van der Waals surface area (Å²) in [6.45, 7) is 3.61. The number of fused-ring (bicyclic) bond motifs is 1. The summed E-state index contributed by atoms with van der Waals surface area (Å²) in [5.74, 6) is -0.170. The number of benzene rings is 3. The summed E-state index contributed by atoms with van der Waals surface area (Å²) in [5, 5.41) is 23.8. The molecule has 41 heavy (non-hydrogen) atoms. The summed E-state index contributed by atoms with van der Waals surface area (Å²) < 4.78 is 0. The highest BCUT2D eigenvalue weighted by atomic mass is 35.5. The number of carbonyl (C=O) groups is 1. The topological polar surface area (TPSA) is 73.2 Å². The Morgan fingerprint density at radius 3 is 2.61 bits per heavy atom. The van der Waals surface area contributed by atoms with Crippen LogP contribution in [-0.2, 0) is 16.8 Å². The molecule has 1 unspecified atom stereocenters. The zero-order chi connectivity index (χ0) is 29.0. The van der Waals surface area contributed by atoms with E-state index in [2.05, 4.69) is 42.5 Å². The smallest absolute Gasteiger partial charge is 0.0840 e. The van der Waals surface area contributed by atoms with Crippen LogP contribution < -0.4 is 5.11 Å². The molecular formula is C35H35ClNO3S-. The Bertz CT molecular complexity index is 1570. The summed E-state index contributed by atoms with van der Waals surface area (Å²) in [4.78, 5) is 16.2. The number of aromatic nitrogens is 1. The molecule has 0 bridgehead atoms. The Morgan fingerprint density at radius 1 is 1.07 bits per heavy atom. The lowest BCUT2D eigenvalue weighted by Gasteiger charge is -2.24. The molecule has 6 heteroatoms. The summed E-state index contributed by atoms with van der Waals surface area (Å²) in [5.41, 5.74) is 5.09. The number of rotatable bonds is 12. The quantitative estimate of drug-likeness (QED) is 0.185. The number of halogens is 1. The minimum absolute atomic E-state index is 0.125. The van der Waals surface area contributed by atoms with E-state index in [1.54, 1.807) is 13.8 Å². The maximum Gasteiger partial charge on any atom is 0.0840 e. The predicted molar refractivity (Wildman–Crippen MR) is 169 cm³/mol. The molecule has 0 amide bonds. The second-order valence-corrected chi connectivity index (χ2v) is 13.3. The Balaban J connectivity index is 1.40. The van der Waals surface area contributed by atoms with Crippen molar-refractivity contribution in [3.8, 4) is 0 Å². The van der Waals surface area contributed by atoms with Crippen LogP contribution in [0.4, 0.5) is 0 Å². The van der Waals surface area contributed by atoms with E-state index in [4.69, 9.17) is 16.6 Å². The number of aliphatic carboxylic acids is 1. The summed E-state index contributed by atoms with van der Waals surface area (Å²) in [6, 6.07) is 26.4. The van der Waals surface area contributed by atoms with E-state index in [9.17, 15) is 15.0 Å². The van der Waals surface area contributed by atoms with Gasteiger partial charge in [0.25, 0.3) is 0 Å². The predicted octanol–water partition coefficient (Wildman–Crippen LogP) is 7.61. The fraction of sp³-hybridized carbons (Fsp3) is 0.314. The molecular weight excluding hydrogens is 550 g/mol. The number of carboxylic acid groups (broad SMARTS) is 1. The van der Waals surface area contributed by atoms with Crippen LogP contribution >= 0.6 is 23.4 Å². The second-order valence-electron chi connectivity index (χ2n) is 11.7. The first-order valence-electron chi connectivity index (χ1n) is 14.1. The van der Waals surface area contributed by atoms with Crippen molar-refractivity contribution in [2.24, 2.45) is 5.41 Å². The molecule has 0 saturated heterocycles. The molecule has 3 aromatic carbocycles. The van der Waals surface area contributed by atoms with Gasteiger partial charge in [-0.3, -0.25) is 0 Å². The van der Waals surface area contributed by atoms with Crippen LogP contribution in [0.15, 0.2) is 78.9 Å². The van der Waals surface area contributed by atoms with Crippen molar-refractivity contribution in [2.45, 2.75) is 56.8 Å². The molecule has 1 aliphatic carbocycles. The molecule has 1 fully saturated rings. The third-order valence-corrected chi connectivity index (χ3v) is 9.75. The Hall–Kier alpha value is -3.12. The molecule has 1 aliphatic rings. The summed E-state index contributed by atoms with van der Waals surface area (Å²) in [7, 11) is 0. The Morgan fingerprint density at radius 2 is 1.85 bits per heavy atom. The first-order valence-corrected chi connectivity index (χ1v) is 15.5. The molecule has 4 nitrogen and oxygen atoms in total. The van der Waals surface area contributed by atoms with Gasteiger partial charge in [0.05, 0.1) is 16.8 Å². The molecule has 1 heterocycles. The normalized spacial score (nSPS) is 15.3. The first kappa shape index (κ1) is 29.4. The average Bonchev–Trinajstić information content (AvgIpc) is 3.70. The zero-order valence-electron chi connectivity index (χ0n) is 23.5. The molecule has 5 rings (SSSR count). The second kappa shape index (κ2) is 12.4. The number of aryl methyl sites for hydroxylation is 1. The van der Waals surface area contributed by atoms with Crippen LogP contribution in [0.25, 0.3) is 23.1 Å². The van der Waals surface area contributed by atoms with Crippen LogP contribution in [0.2, 0.25) is 5.02 Å². The van der Waals surface area contributed by atoms with Gasteiger partial charge in [0.15, 0.2) is 0 Å². The summed E-state index contributed by atoms with van der Waals surface area (Å²) in [6.07, 6.45) is 7.89. The minimum Gasteiger partial charge on any atom is -0.550 e.